The molecule has 22 heavy (non-hydrogen) atoms. The molecule has 0 spiro atoms. The smallest absolute Gasteiger partial charge is 0.223 e. The van der Waals surface area contributed by atoms with Crippen molar-refractivity contribution in [3.63, 3.8) is 0 Å². The van der Waals surface area contributed by atoms with Crippen LogP contribution in [0.25, 0.3) is 16.5 Å². The molecule has 2 aromatic rings. The second-order valence-corrected chi connectivity index (χ2v) is 5.71. The highest BCUT2D eigenvalue weighted by molar-refractivity contribution is 6.30. The summed E-state index contributed by atoms with van der Waals surface area (Å²) >= 11 is 5.98. The van der Waals surface area contributed by atoms with Crippen LogP contribution in [0.4, 0.5) is 4.39 Å². The van der Waals surface area contributed by atoms with E-state index in [9.17, 15) is 4.39 Å². The first-order valence-corrected chi connectivity index (χ1v) is 7.48. The van der Waals surface area contributed by atoms with Gasteiger partial charge in [-0.25, -0.2) is 14.4 Å². The second kappa shape index (κ2) is 5.72. The van der Waals surface area contributed by atoms with Gasteiger partial charge >= 0.3 is 0 Å². The normalized spacial score (nSPS) is 15.6. The molecule has 2 heterocycles. The molecule has 2 aromatic heterocycles. The molecule has 0 atom stereocenters. The fourth-order valence-corrected chi connectivity index (χ4v) is 2.31. The third-order valence-electron chi connectivity index (χ3n) is 3.58. The average molecular weight is 323 g/mol. The Hall–Kier alpha value is -1.88. The van der Waals surface area contributed by atoms with Crippen molar-refractivity contribution in [3.8, 4) is 5.88 Å². The van der Waals surface area contributed by atoms with Crippen molar-refractivity contribution in [3.05, 3.63) is 35.8 Å². The lowest BCUT2D eigenvalue weighted by atomic mass is 10.1. The molecule has 116 valence electrons. The van der Waals surface area contributed by atoms with Gasteiger partial charge in [0.2, 0.25) is 5.88 Å². The fraction of sp³-hybridized carbons (Fsp3) is 0.375. The minimum atomic E-state index is -1.21. The van der Waals surface area contributed by atoms with Crippen LogP contribution in [0, 0.1) is 0 Å². The highest BCUT2D eigenvalue weighted by Gasteiger charge is 2.44. The lowest BCUT2D eigenvalue weighted by molar-refractivity contribution is 0.174. The van der Waals surface area contributed by atoms with Crippen molar-refractivity contribution < 1.29 is 13.9 Å². The number of aromatic nitrogens is 2. The van der Waals surface area contributed by atoms with Gasteiger partial charge in [0, 0.05) is 23.3 Å². The number of ether oxygens (including phenoxy) is 2. The summed E-state index contributed by atoms with van der Waals surface area (Å²) in [4.78, 5) is 8.31. The standard InChI is InChI=1S/C16H16ClFN2O2/c1-3-21-10(2)12-7-20-15(22-9-16(18)4-5-16)13-8-19-14(17)6-11(12)13/h6-8H,2-5,9H2,1H3. The third kappa shape index (κ3) is 2.99. The highest BCUT2D eigenvalue weighted by Crippen LogP contribution is 2.40. The predicted octanol–water partition coefficient (Wildman–Crippen LogP) is 4.17. The average Bonchev–Trinajstić information content (AvgIpc) is 3.22. The topological polar surface area (TPSA) is 44.2 Å². The van der Waals surface area contributed by atoms with Crippen LogP contribution in [0.5, 0.6) is 5.88 Å². The molecule has 6 heteroatoms. The zero-order chi connectivity index (χ0) is 15.7. The van der Waals surface area contributed by atoms with E-state index in [1.54, 1.807) is 18.5 Å². The van der Waals surface area contributed by atoms with Crippen molar-refractivity contribution >= 4 is 28.1 Å². The fourth-order valence-electron chi connectivity index (χ4n) is 2.15. The molecule has 0 bridgehead atoms. The van der Waals surface area contributed by atoms with E-state index in [2.05, 4.69) is 16.5 Å². The summed E-state index contributed by atoms with van der Waals surface area (Å²) < 4.78 is 24.7. The lowest BCUT2D eigenvalue weighted by Crippen LogP contribution is -2.14. The third-order valence-corrected chi connectivity index (χ3v) is 3.79. The van der Waals surface area contributed by atoms with E-state index in [4.69, 9.17) is 21.1 Å². The number of halogens is 2. The molecule has 0 aromatic carbocycles. The van der Waals surface area contributed by atoms with Crippen LogP contribution < -0.4 is 4.74 Å². The minimum absolute atomic E-state index is 0.00345. The number of hydrogen-bond acceptors (Lipinski definition) is 4. The SMILES string of the molecule is C=C(OCC)c1cnc(OCC2(F)CC2)c2cnc(Cl)cc12. The molecular weight excluding hydrogens is 307 g/mol. The van der Waals surface area contributed by atoms with Crippen molar-refractivity contribution in [1.82, 2.24) is 9.97 Å². The van der Waals surface area contributed by atoms with Gasteiger partial charge in [0.1, 0.15) is 23.2 Å². The molecule has 0 aliphatic heterocycles. The van der Waals surface area contributed by atoms with Crippen LogP contribution in [0.2, 0.25) is 5.15 Å². The molecular formula is C16H16ClFN2O2. The van der Waals surface area contributed by atoms with E-state index in [1.165, 1.54) is 0 Å². The molecule has 0 N–H and O–H groups in total. The lowest BCUT2D eigenvalue weighted by Gasteiger charge is -2.14. The minimum Gasteiger partial charge on any atom is -0.494 e. The Morgan fingerprint density at radius 2 is 2.14 bits per heavy atom. The van der Waals surface area contributed by atoms with Gasteiger partial charge in [-0.1, -0.05) is 18.2 Å². The Morgan fingerprint density at radius 3 is 2.82 bits per heavy atom. The molecule has 1 aliphatic rings. The zero-order valence-corrected chi connectivity index (χ0v) is 13.0. The van der Waals surface area contributed by atoms with Crippen molar-refractivity contribution in [2.75, 3.05) is 13.2 Å². The van der Waals surface area contributed by atoms with E-state index in [0.717, 1.165) is 10.9 Å². The van der Waals surface area contributed by atoms with Crippen LogP contribution in [0.15, 0.2) is 25.0 Å². The van der Waals surface area contributed by atoms with E-state index < -0.39 is 5.67 Å². The Morgan fingerprint density at radius 1 is 1.36 bits per heavy atom. The highest BCUT2D eigenvalue weighted by atomic mass is 35.5. The van der Waals surface area contributed by atoms with Crippen LogP contribution in [0.1, 0.15) is 25.3 Å². The predicted molar refractivity (Wildman–Crippen MR) is 83.8 cm³/mol. The first kappa shape index (κ1) is 15.0. The van der Waals surface area contributed by atoms with Gasteiger partial charge in [-0.05, 0) is 25.8 Å². The van der Waals surface area contributed by atoms with E-state index >= 15 is 0 Å². The summed E-state index contributed by atoms with van der Waals surface area (Å²) in [5.41, 5.74) is -0.489. The number of hydrogen-bond donors (Lipinski definition) is 0. The number of rotatable bonds is 6. The van der Waals surface area contributed by atoms with Crippen molar-refractivity contribution in [1.29, 1.82) is 0 Å². The molecule has 0 radical (unpaired) electrons. The summed E-state index contributed by atoms with van der Waals surface area (Å²) in [5.74, 6) is 0.842. The van der Waals surface area contributed by atoms with Crippen molar-refractivity contribution in [2.24, 2.45) is 0 Å². The largest absolute Gasteiger partial charge is 0.494 e. The molecule has 0 saturated heterocycles. The number of fused-ring (bicyclic) bond motifs is 1. The summed E-state index contributed by atoms with van der Waals surface area (Å²) in [5, 5.41) is 1.78. The Balaban J connectivity index is 2.00. The van der Waals surface area contributed by atoms with Crippen LogP contribution in [-0.2, 0) is 4.74 Å². The van der Waals surface area contributed by atoms with Gasteiger partial charge in [-0.3, -0.25) is 0 Å². The van der Waals surface area contributed by atoms with Gasteiger partial charge in [0.05, 0.1) is 12.0 Å². The number of pyridine rings is 2. The summed E-state index contributed by atoms with van der Waals surface area (Å²) in [6, 6.07) is 1.70. The first-order valence-electron chi connectivity index (χ1n) is 7.10. The Kier molecular flexibility index (Phi) is 3.91. The molecule has 1 aliphatic carbocycles. The summed E-state index contributed by atoms with van der Waals surface area (Å²) in [7, 11) is 0. The molecule has 1 saturated carbocycles. The van der Waals surface area contributed by atoms with Crippen LogP contribution in [-0.4, -0.2) is 28.9 Å². The number of nitrogens with zero attached hydrogens (tertiary/aromatic N) is 2. The second-order valence-electron chi connectivity index (χ2n) is 5.33. The quantitative estimate of drug-likeness (QED) is 0.591. The molecule has 0 unspecified atom stereocenters. The van der Waals surface area contributed by atoms with Gasteiger partial charge < -0.3 is 9.47 Å². The molecule has 0 amide bonds. The van der Waals surface area contributed by atoms with E-state index in [0.29, 0.717) is 41.6 Å². The zero-order valence-electron chi connectivity index (χ0n) is 12.2. The van der Waals surface area contributed by atoms with E-state index in [1.807, 2.05) is 6.92 Å². The summed E-state index contributed by atoms with van der Waals surface area (Å²) in [6.45, 7) is 6.28. The van der Waals surface area contributed by atoms with Gasteiger partial charge in [0.25, 0.3) is 0 Å². The number of alkyl halides is 1. The summed E-state index contributed by atoms with van der Waals surface area (Å²) in [6.07, 6.45) is 4.24. The van der Waals surface area contributed by atoms with Crippen LogP contribution >= 0.6 is 11.6 Å². The van der Waals surface area contributed by atoms with Crippen molar-refractivity contribution in [2.45, 2.75) is 25.4 Å². The van der Waals surface area contributed by atoms with Crippen LogP contribution in [0.3, 0.4) is 0 Å². The first-order chi connectivity index (χ1) is 10.5. The maximum atomic E-state index is 13.7. The molecule has 3 rings (SSSR count). The monoisotopic (exact) mass is 322 g/mol. The van der Waals surface area contributed by atoms with E-state index in [-0.39, 0.29) is 6.61 Å². The Bertz CT molecular complexity index is 731. The Labute approximate surface area is 132 Å². The molecule has 1 fully saturated rings. The van der Waals surface area contributed by atoms with Gasteiger partial charge in [-0.15, -0.1) is 0 Å². The maximum Gasteiger partial charge on any atom is 0.223 e. The maximum absolute atomic E-state index is 13.7. The molecule has 4 nitrogen and oxygen atoms in total. The van der Waals surface area contributed by atoms with Gasteiger partial charge in [-0.2, -0.15) is 0 Å². The van der Waals surface area contributed by atoms with Gasteiger partial charge in [0.15, 0.2) is 0 Å².